The Labute approximate surface area is 69.7 Å². The van der Waals surface area contributed by atoms with Crippen molar-refractivity contribution in [2.24, 2.45) is 5.73 Å². The van der Waals surface area contributed by atoms with E-state index in [0.717, 1.165) is 10.4 Å². The molecule has 0 fully saturated rings. The van der Waals surface area contributed by atoms with Crippen LogP contribution in [0.1, 0.15) is 10.4 Å². The van der Waals surface area contributed by atoms with Crippen molar-refractivity contribution in [1.82, 2.24) is 0 Å². The molecule has 3 heteroatoms. The Morgan fingerprint density at radius 1 is 1.64 bits per heavy atom. The van der Waals surface area contributed by atoms with E-state index in [-0.39, 0.29) is 6.61 Å². The van der Waals surface area contributed by atoms with Gasteiger partial charge in [-0.3, -0.25) is 0 Å². The van der Waals surface area contributed by atoms with Gasteiger partial charge in [0, 0.05) is 10.4 Å². The van der Waals surface area contributed by atoms with Crippen molar-refractivity contribution >= 4 is 11.3 Å². The molecule has 0 aliphatic heterocycles. The predicted octanol–water partition coefficient (Wildman–Crippen LogP) is 0.551. The van der Waals surface area contributed by atoms with Crippen LogP contribution in [0.4, 0.5) is 0 Å². The summed E-state index contributed by atoms with van der Waals surface area (Å²) in [5, 5.41) is 10.7. The van der Waals surface area contributed by atoms with E-state index in [0.29, 0.717) is 6.54 Å². The minimum atomic E-state index is 0.0618. The van der Waals surface area contributed by atoms with Crippen molar-refractivity contribution in [1.29, 1.82) is 0 Å². The Morgan fingerprint density at radius 2 is 2.45 bits per heavy atom. The summed E-state index contributed by atoms with van der Waals surface area (Å²) in [5.74, 6) is 5.62. The van der Waals surface area contributed by atoms with Crippen molar-refractivity contribution in [3.8, 4) is 11.8 Å². The van der Waals surface area contributed by atoms with E-state index in [4.69, 9.17) is 10.8 Å². The summed E-state index contributed by atoms with van der Waals surface area (Å²) in [7, 11) is 0. The van der Waals surface area contributed by atoms with E-state index < -0.39 is 0 Å². The molecule has 11 heavy (non-hydrogen) atoms. The van der Waals surface area contributed by atoms with Gasteiger partial charge in [-0.1, -0.05) is 11.8 Å². The van der Waals surface area contributed by atoms with Gasteiger partial charge in [-0.05, 0) is 11.4 Å². The summed E-state index contributed by atoms with van der Waals surface area (Å²) in [6.45, 7) is 0.424. The van der Waals surface area contributed by atoms with E-state index >= 15 is 0 Å². The Morgan fingerprint density at radius 3 is 3.09 bits per heavy atom. The highest BCUT2D eigenvalue weighted by Gasteiger charge is 1.97. The Kier molecular flexibility index (Phi) is 3.12. The van der Waals surface area contributed by atoms with Gasteiger partial charge in [0.15, 0.2) is 0 Å². The third-order valence-electron chi connectivity index (χ3n) is 1.21. The first-order chi connectivity index (χ1) is 5.38. The average Bonchev–Trinajstić information content (AvgIpc) is 2.47. The van der Waals surface area contributed by atoms with Gasteiger partial charge in [-0.15, -0.1) is 11.3 Å². The van der Waals surface area contributed by atoms with E-state index in [2.05, 4.69) is 11.8 Å². The summed E-state index contributed by atoms with van der Waals surface area (Å²) < 4.78 is 0. The fourth-order valence-corrected chi connectivity index (χ4v) is 1.41. The fourth-order valence-electron chi connectivity index (χ4n) is 0.721. The molecule has 0 unspecified atom stereocenters. The van der Waals surface area contributed by atoms with Crippen LogP contribution in [0.25, 0.3) is 0 Å². The number of rotatable bonds is 1. The molecule has 1 heterocycles. The van der Waals surface area contributed by atoms with Crippen LogP contribution in [-0.2, 0) is 6.61 Å². The molecule has 3 N–H and O–H groups in total. The maximum absolute atomic E-state index is 8.82. The van der Waals surface area contributed by atoms with Crippen LogP contribution >= 0.6 is 11.3 Å². The van der Waals surface area contributed by atoms with Gasteiger partial charge in [-0.2, -0.15) is 0 Å². The third-order valence-corrected chi connectivity index (χ3v) is 2.12. The van der Waals surface area contributed by atoms with Crippen LogP contribution in [0.5, 0.6) is 0 Å². The second-order valence-corrected chi connectivity index (χ2v) is 2.92. The Balaban J connectivity index is 2.84. The second-order valence-electron chi connectivity index (χ2n) is 1.92. The largest absolute Gasteiger partial charge is 0.391 e. The van der Waals surface area contributed by atoms with Crippen molar-refractivity contribution in [3.63, 3.8) is 0 Å². The minimum absolute atomic E-state index is 0.0618. The first-order valence-electron chi connectivity index (χ1n) is 3.24. The van der Waals surface area contributed by atoms with Crippen LogP contribution in [0, 0.1) is 11.8 Å². The molecular formula is C8H9NOS. The van der Waals surface area contributed by atoms with Gasteiger partial charge in [0.1, 0.15) is 0 Å². The molecule has 1 aromatic rings. The first kappa shape index (κ1) is 8.28. The number of nitrogens with two attached hydrogens (primary N) is 1. The maximum Gasteiger partial charge on any atom is 0.0787 e. The fraction of sp³-hybridized carbons (Fsp3) is 0.250. The van der Waals surface area contributed by atoms with Gasteiger partial charge in [-0.25, -0.2) is 0 Å². The van der Waals surface area contributed by atoms with Crippen LogP contribution in [0.2, 0.25) is 0 Å². The molecule has 0 saturated carbocycles. The summed E-state index contributed by atoms with van der Waals surface area (Å²) in [4.78, 5) is 0.908. The Bertz CT molecular complexity index is 282. The molecule has 0 radical (unpaired) electrons. The SMILES string of the molecule is NCC#Cc1ccsc1CO. The molecule has 2 nitrogen and oxygen atoms in total. The zero-order valence-electron chi connectivity index (χ0n) is 6.00. The predicted molar refractivity (Wildman–Crippen MR) is 46.2 cm³/mol. The molecule has 0 aliphatic rings. The van der Waals surface area contributed by atoms with E-state index in [9.17, 15) is 0 Å². The molecule has 1 rings (SSSR count). The molecule has 0 spiro atoms. The topological polar surface area (TPSA) is 46.2 Å². The lowest BCUT2D eigenvalue weighted by atomic mass is 10.2. The highest BCUT2D eigenvalue weighted by molar-refractivity contribution is 7.10. The molecule has 0 atom stereocenters. The van der Waals surface area contributed by atoms with Gasteiger partial charge in [0.2, 0.25) is 0 Å². The second kappa shape index (κ2) is 4.14. The molecular weight excluding hydrogens is 158 g/mol. The lowest BCUT2D eigenvalue weighted by Gasteiger charge is -1.88. The maximum atomic E-state index is 8.82. The smallest absolute Gasteiger partial charge is 0.0787 e. The van der Waals surface area contributed by atoms with Crippen LogP contribution in [0.3, 0.4) is 0 Å². The van der Waals surface area contributed by atoms with Gasteiger partial charge in [0.25, 0.3) is 0 Å². The Hall–Kier alpha value is -0.820. The quantitative estimate of drug-likeness (QED) is 0.600. The molecule has 0 amide bonds. The highest BCUT2D eigenvalue weighted by atomic mass is 32.1. The number of aliphatic hydroxyl groups is 1. The van der Waals surface area contributed by atoms with Crippen LogP contribution < -0.4 is 5.73 Å². The van der Waals surface area contributed by atoms with Crippen molar-refractivity contribution in [3.05, 3.63) is 21.9 Å². The summed E-state index contributed by atoms with van der Waals surface area (Å²) in [6, 6.07) is 1.89. The normalized spacial score (nSPS) is 8.91. The number of hydrogen-bond acceptors (Lipinski definition) is 3. The van der Waals surface area contributed by atoms with Crippen LogP contribution in [-0.4, -0.2) is 11.7 Å². The summed E-state index contributed by atoms with van der Waals surface area (Å²) in [6.07, 6.45) is 0. The molecule has 0 bridgehead atoms. The van der Waals surface area contributed by atoms with Gasteiger partial charge in [0.05, 0.1) is 13.2 Å². The lowest BCUT2D eigenvalue weighted by Crippen LogP contribution is -1.93. The van der Waals surface area contributed by atoms with Crippen molar-refractivity contribution < 1.29 is 5.11 Å². The summed E-state index contributed by atoms with van der Waals surface area (Å²) in [5.41, 5.74) is 6.10. The monoisotopic (exact) mass is 167 g/mol. The zero-order valence-corrected chi connectivity index (χ0v) is 6.82. The number of aliphatic hydroxyl groups excluding tert-OH is 1. The van der Waals surface area contributed by atoms with Gasteiger partial charge < -0.3 is 10.8 Å². The van der Waals surface area contributed by atoms with Gasteiger partial charge >= 0.3 is 0 Å². The molecule has 0 saturated heterocycles. The van der Waals surface area contributed by atoms with E-state index in [1.165, 1.54) is 11.3 Å². The van der Waals surface area contributed by atoms with E-state index in [1.807, 2.05) is 11.4 Å². The minimum Gasteiger partial charge on any atom is -0.391 e. The van der Waals surface area contributed by atoms with Crippen molar-refractivity contribution in [2.75, 3.05) is 6.54 Å². The average molecular weight is 167 g/mol. The lowest BCUT2D eigenvalue weighted by molar-refractivity contribution is 0.285. The number of thiophene rings is 1. The van der Waals surface area contributed by atoms with E-state index in [1.54, 1.807) is 0 Å². The molecule has 58 valence electrons. The summed E-state index contributed by atoms with van der Waals surface area (Å²) >= 11 is 1.51. The highest BCUT2D eigenvalue weighted by Crippen LogP contribution is 2.14. The molecule has 0 aromatic carbocycles. The zero-order chi connectivity index (χ0) is 8.10. The molecule has 0 aliphatic carbocycles. The third kappa shape index (κ3) is 2.05. The van der Waals surface area contributed by atoms with Crippen LogP contribution in [0.15, 0.2) is 11.4 Å². The standard InChI is InChI=1S/C8H9NOS/c9-4-1-2-7-3-5-11-8(7)6-10/h3,5,10H,4,6,9H2. The first-order valence-corrected chi connectivity index (χ1v) is 4.12. The number of hydrogen-bond donors (Lipinski definition) is 2. The molecule has 1 aromatic heterocycles. The van der Waals surface area contributed by atoms with Crippen molar-refractivity contribution in [2.45, 2.75) is 6.61 Å².